The highest BCUT2D eigenvalue weighted by Gasteiger charge is 2.33. The van der Waals surface area contributed by atoms with Crippen LogP contribution in [-0.4, -0.2) is 12.6 Å². The van der Waals surface area contributed by atoms with Gasteiger partial charge in [-0.15, -0.1) is 0 Å². The van der Waals surface area contributed by atoms with E-state index in [2.05, 4.69) is 12.2 Å². The Morgan fingerprint density at radius 3 is 2.54 bits per heavy atom. The van der Waals surface area contributed by atoms with Crippen molar-refractivity contribution in [2.24, 2.45) is 11.8 Å². The Kier molecular flexibility index (Phi) is 3.26. The summed E-state index contributed by atoms with van der Waals surface area (Å²) in [5, 5.41) is 3.66. The minimum absolute atomic E-state index is 0.866. The van der Waals surface area contributed by atoms with Crippen LogP contribution in [0.5, 0.6) is 0 Å². The number of rotatable bonds is 4. The molecule has 0 heterocycles. The standard InChI is InChI=1S/C12H23N/c1-2-8-13-12-7-6-11(9-12)10-4-3-5-10/h10-13H,2-9H2,1H3. The van der Waals surface area contributed by atoms with E-state index in [-0.39, 0.29) is 0 Å². The van der Waals surface area contributed by atoms with Gasteiger partial charge in [-0.3, -0.25) is 0 Å². The van der Waals surface area contributed by atoms with E-state index in [1.54, 1.807) is 0 Å². The minimum Gasteiger partial charge on any atom is -0.314 e. The normalized spacial score (nSPS) is 34.8. The lowest BCUT2D eigenvalue weighted by atomic mass is 9.75. The Morgan fingerprint density at radius 2 is 1.92 bits per heavy atom. The Bertz CT molecular complexity index is 151. The first-order chi connectivity index (χ1) is 6.40. The second-order valence-corrected chi connectivity index (χ2v) is 4.92. The molecule has 2 rings (SSSR count). The zero-order chi connectivity index (χ0) is 9.10. The first kappa shape index (κ1) is 9.51. The van der Waals surface area contributed by atoms with Gasteiger partial charge in [-0.1, -0.05) is 26.2 Å². The quantitative estimate of drug-likeness (QED) is 0.703. The molecule has 1 N–H and O–H groups in total. The van der Waals surface area contributed by atoms with Crippen LogP contribution in [0.2, 0.25) is 0 Å². The molecule has 2 atom stereocenters. The van der Waals surface area contributed by atoms with Crippen molar-refractivity contribution in [2.75, 3.05) is 6.54 Å². The van der Waals surface area contributed by atoms with E-state index in [9.17, 15) is 0 Å². The van der Waals surface area contributed by atoms with Crippen molar-refractivity contribution in [3.63, 3.8) is 0 Å². The second-order valence-electron chi connectivity index (χ2n) is 4.92. The maximum Gasteiger partial charge on any atom is 0.00699 e. The van der Waals surface area contributed by atoms with Gasteiger partial charge in [0.2, 0.25) is 0 Å². The molecule has 0 spiro atoms. The van der Waals surface area contributed by atoms with Gasteiger partial charge in [0, 0.05) is 6.04 Å². The van der Waals surface area contributed by atoms with Crippen molar-refractivity contribution in [3.05, 3.63) is 0 Å². The predicted molar refractivity (Wildman–Crippen MR) is 56.8 cm³/mol. The highest BCUT2D eigenvalue weighted by Crippen LogP contribution is 2.41. The molecule has 2 aliphatic rings. The molecule has 0 bridgehead atoms. The molecule has 0 radical (unpaired) electrons. The number of nitrogens with one attached hydrogen (secondary N) is 1. The molecule has 2 fully saturated rings. The lowest BCUT2D eigenvalue weighted by molar-refractivity contribution is 0.206. The van der Waals surface area contributed by atoms with E-state index in [1.165, 1.54) is 51.5 Å². The van der Waals surface area contributed by atoms with E-state index in [0.29, 0.717) is 0 Å². The summed E-state index contributed by atoms with van der Waals surface area (Å²) >= 11 is 0. The Morgan fingerprint density at radius 1 is 1.08 bits per heavy atom. The fourth-order valence-electron chi connectivity index (χ4n) is 2.89. The molecule has 13 heavy (non-hydrogen) atoms. The Balaban J connectivity index is 1.67. The number of hydrogen-bond donors (Lipinski definition) is 1. The molecule has 0 aromatic rings. The van der Waals surface area contributed by atoms with Crippen LogP contribution in [-0.2, 0) is 0 Å². The molecule has 76 valence electrons. The van der Waals surface area contributed by atoms with Gasteiger partial charge in [-0.25, -0.2) is 0 Å². The van der Waals surface area contributed by atoms with Crippen molar-refractivity contribution in [3.8, 4) is 0 Å². The van der Waals surface area contributed by atoms with Crippen molar-refractivity contribution < 1.29 is 0 Å². The third-order valence-corrected chi connectivity index (χ3v) is 3.97. The molecule has 0 aromatic heterocycles. The lowest BCUT2D eigenvalue weighted by Gasteiger charge is -2.31. The molecule has 0 aromatic carbocycles. The fraction of sp³-hybridized carbons (Fsp3) is 1.00. The van der Waals surface area contributed by atoms with Crippen molar-refractivity contribution in [1.29, 1.82) is 0 Å². The second kappa shape index (κ2) is 4.45. The predicted octanol–water partition coefficient (Wildman–Crippen LogP) is 2.95. The van der Waals surface area contributed by atoms with Gasteiger partial charge >= 0.3 is 0 Å². The fourth-order valence-corrected chi connectivity index (χ4v) is 2.89. The summed E-state index contributed by atoms with van der Waals surface area (Å²) in [5.41, 5.74) is 0. The van der Waals surface area contributed by atoms with Crippen LogP contribution in [0.25, 0.3) is 0 Å². The molecule has 0 amide bonds. The van der Waals surface area contributed by atoms with Gasteiger partial charge in [-0.05, 0) is 44.1 Å². The van der Waals surface area contributed by atoms with Crippen molar-refractivity contribution in [2.45, 2.75) is 57.9 Å². The average Bonchev–Trinajstić information content (AvgIpc) is 2.46. The topological polar surface area (TPSA) is 12.0 Å². The summed E-state index contributed by atoms with van der Waals surface area (Å²) in [6.45, 7) is 3.48. The van der Waals surface area contributed by atoms with Gasteiger partial charge in [0.15, 0.2) is 0 Å². The molecule has 1 nitrogen and oxygen atoms in total. The summed E-state index contributed by atoms with van der Waals surface area (Å²) in [6, 6.07) is 0.866. The molecule has 1 heteroatoms. The molecular weight excluding hydrogens is 158 g/mol. The largest absolute Gasteiger partial charge is 0.314 e. The lowest BCUT2D eigenvalue weighted by Crippen LogP contribution is -2.28. The maximum atomic E-state index is 3.66. The third-order valence-electron chi connectivity index (χ3n) is 3.97. The van der Waals surface area contributed by atoms with Gasteiger partial charge in [0.05, 0.1) is 0 Å². The first-order valence-electron chi connectivity index (χ1n) is 6.13. The van der Waals surface area contributed by atoms with E-state index in [0.717, 1.165) is 17.9 Å². The molecule has 2 unspecified atom stereocenters. The van der Waals surface area contributed by atoms with Crippen LogP contribution in [0, 0.1) is 11.8 Å². The van der Waals surface area contributed by atoms with E-state index >= 15 is 0 Å². The monoisotopic (exact) mass is 181 g/mol. The van der Waals surface area contributed by atoms with E-state index in [4.69, 9.17) is 0 Å². The third kappa shape index (κ3) is 2.25. The van der Waals surface area contributed by atoms with Crippen molar-refractivity contribution >= 4 is 0 Å². The molecule has 0 aliphatic heterocycles. The van der Waals surface area contributed by atoms with Gasteiger partial charge < -0.3 is 5.32 Å². The van der Waals surface area contributed by atoms with Crippen LogP contribution < -0.4 is 5.32 Å². The van der Waals surface area contributed by atoms with E-state index < -0.39 is 0 Å². The van der Waals surface area contributed by atoms with E-state index in [1.807, 2.05) is 0 Å². The highest BCUT2D eigenvalue weighted by atomic mass is 14.9. The minimum atomic E-state index is 0.866. The highest BCUT2D eigenvalue weighted by molar-refractivity contribution is 4.87. The molecule has 2 aliphatic carbocycles. The SMILES string of the molecule is CCCNC1CCC(C2CCC2)C1. The maximum absolute atomic E-state index is 3.66. The summed E-state index contributed by atoms with van der Waals surface area (Å²) in [6.07, 6.45) is 10.3. The zero-order valence-electron chi connectivity index (χ0n) is 8.89. The Labute approximate surface area is 82.3 Å². The number of hydrogen-bond acceptors (Lipinski definition) is 1. The van der Waals surface area contributed by atoms with Crippen LogP contribution in [0.4, 0.5) is 0 Å². The molecular formula is C12H23N. The van der Waals surface area contributed by atoms with Gasteiger partial charge in [-0.2, -0.15) is 0 Å². The summed E-state index contributed by atoms with van der Waals surface area (Å²) < 4.78 is 0. The van der Waals surface area contributed by atoms with Gasteiger partial charge in [0.1, 0.15) is 0 Å². The van der Waals surface area contributed by atoms with Crippen LogP contribution in [0.1, 0.15) is 51.9 Å². The van der Waals surface area contributed by atoms with Gasteiger partial charge in [0.25, 0.3) is 0 Å². The molecule has 2 saturated carbocycles. The van der Waals surface area contributed by atoms with Crippen LogP contribution in [0.3, 0.4) is 0 Å². The molecule has 0 saturated heterocycles. The average molecular weight is 181 g/mol. The van der Waals surface area contributed by atoms with Crippen molar-refractivity contribution in [1.82, 2.24) is 5.32 Å². The summed E-state index contributed by atoms with van der Waals surface area (Å²) in [4.78, 5) is 0. The van der Waals surface area contributed by atoms with Crippen LogP contribution in [0.15, 0.2) is 0 Å². The Hall–Kier alpha value is -0.0400. The summed E-state index contributed by atoms with van der Waals surface area (Å²) in [7, 11) is 0. The smallest absolute Gasteiger partial charge is 0.00699 e. The van der Waals surface area contributed by atoms with Crippen LogP contribution >= 0.6 is 0 Å². The summed E-state index contributed by atoms with van der Waals surface area (Å²) in [5.74, 6) is 2.21. The first-order valence-corrected chi connectivity index (χ1v) is 6.13. The zero-order valence-corrected chi connectivity index (χ0v) is 8.89.